The molecule has 0 spiro atoms. The molecule has 0 saturated heterocycles. The normalized spacial score (nSPS) is 27.1. The average molecular weight is 283 g/mol. The first-order valence-corrected chi connectivity index (χ1v) is 7.57. The Morgan fingerprint density at radius 1 is 1.21 bits per heavy atom. The third kappa shape index (κ3) is 3.56. The number of benzene rings is 1. The zero-order chi connectivity index (χ0) is 13.8. The zero-order valence-corrected chi connectivity index (χ0v) is 12.7. The van der Waals surface area contributed by atoms with Gasteiger partial charge in [-0.1, -0.05) is 13.8 Å². The van der Waals surface area contributed by atoms with Crippen LogP contribution in [0, 0.1) is 11.8 Å². The summed E-state index contributed by atoms with van der Waals surface area (Å²) in [6.07, 6.45) is 3.84. The van der Waals surface area contributed by atoms with Crippen LogP contribution >= 0.6 is 11.6 Å². The summed E-state index contributed by atoms with van der Waals surface area (Å²) in [5.41, 5.74) is 1.01. The summed E-state index contributed by atoms with van der Waals surface area (Å²) in [4.78, 5) is 0. The molecule has 2 rings (SSSR count). The molecule has 0 aromatic heterocycles. The first-order valence-electron chi connectivity index (χ1n) is 7.03. The summed E-state index contributed by atoms with van der Waals surface area (Å²) >= 11 is 5.99. The molecule has 2 nitrogen and oxygen atoms in total. The van der Waals surface area contributed by atoms with Crippen LogP contribution in [0.4, 0.5) is 0 Å². The molecule has 0 radical (unpaired) electrons. The van der Waals surface area contributed by atoms with Gasteiger partial charge in [-0.25, -0.2) is 0 Å². The Morgan fingerprint density at radius 3 is 2.63 bits per heavy atom. The van der Waals surface area contributed by atoms with Crippen molar-refractivity contribution in [1.82, 2.24) is 0 Å². The maximum atomic E-state index is 6.16. The Kier molecular flexibility index (Phi) is 4.98. The third-order valence-electron chi connectivity index (χ3n) is 4.26. The molecule has 106 valence electrons. The molecule has 3 unspecified atom stereocenters. The number of hydrogen-bond donors (Lipinski definition) is 0. The van der Waals surface area contributed by atoms with E-state index >= 15 is 0 Å². The molecule has 0 aliphatic heterocycles. The quantitative estimate of drug-likeness (QED) is 0.749. The number of methoxy groups -OCH3 is 1. The van der Waals surface area contributed by atoms with Crippen molar-refractivity contribution in [3.8, 4) is 11.5 Å². The second-order valence-electron chi connectivity index (χ2n) is 5.61. The van der Waals surface area contributed by atoms with Gasteiger partial charge in [-0.2, -0.15) is 0 Å². The van der Waals surface area contributed by atoms with Crippen LogP contribution in [0.5, 0.6) is 11.5 Å². The molecule has 0 N–H and O–H groups in total. The number of alkyl halides is 1. The van der Waals surface area contributed by atoms with Gasteiger partial charge in [0.2, 0.25) is 0 Å². The molecule has 19 heavy (non-hydrogen) atoms. The van der Waals surface area contributed by atoms with Gasteiger partial charge in [-0.3, -0.25) is 0 Å². The number of rotatable bonds is 4. The van der Waals surface area contributed by atoms with Gasteiger partial charge < -0.3 is 9.47 Å². The lowest BCUT2D eigenvalue weighted by Gasteiger charge is -2.32. The van der Waals surface area contributed by atoms with E-state index in [0.29, 0.717) is 12.0 Å². The monoisotopic (exact) mass is 282 g/mol. The predicted molar refractivity (Wildman–Crippen MR) is 79.1 cm³/mol. The van der Waals surface area contributed by atoms with Crippen molar-refractivity contribution in [3.05, 3.63) is 23.8 Å². The minimum Gasteiger partial charge on any atom is -0.497 e. The van der Waals surface area contributed by atoms with E-state index in [1.54, 1.807) is 7.11 Å². The summed E-state index contributed by atoms with van der Waals surface area (Å²) in [7, 11) is 1.66. The van der Waals surface area contributed by atoms with E-state index < -0.39 is 0 Å². The second kappa shape index (κ2) is 6.51. The van der Waals surface area contributed by atoms with E-state index in [4.69, 9.17) is 21.1 Å². The molecule has 0 heterocycles. The van der Waals surface area contributed by atoms with Crippen LogP contribution in [0.1, 0.15) is 38.7 Å². The number of ether oxygens (including phenoxy) is 2. The van der Waals surface area contributed by atoms with Gasteiger partial charge >= 0.3 is 0 Å². The fraction of sp³-hybridized carbons (Fsp3) is 0.625. The first-order chi connectivity index (χ1) is 9.13. The van der Waals surface area contributed by atoms with Crippen LogP contribution in [0.15, 0.2) is 18.2 Å². The highest BCUT2D eigenvalue weighted by molar-refractivity contribution is 6.17. The minimum atomic E-state index is 0.321. The van der Waals surface area contributed by atoms with E-state index in [1.807, 2.05) is 18.2 Å². The van der Waals surface area contributed by atoms with Crippen molar-refractivity contribution in [2.75, 3.05) is 7.11 Å². The van der Waals surface area contributed by atoms with Crippen molar-refractivity contribution in [2.45, 2.75) is 45.1 Å². The third-order valence-corrected chi connectivity index (χ3v) is 4.54. The van der Waals surface area contributed by atoms with Crippen LogP contribution < -0.4 is 9.47 Å². The standard InChI is InChI=1S/C16H23ClO2/c1-11-4-5-15(8-12(11)2)19-16-7-6-14(18-3)9-13(16)10-17/h6-7,9,11-12,15H,4-5,8,10H2,1-3H3. The highest BCUT2D eigenvalue weighted by Crippen LogP contribution is 2.34. The SMILES string of the molecule is COc1ccc(OC2CCC(C)C(C)C2)c(CCl)c1. The summed E-state index contributed by atoms with van der Waals surface area (Å²) in [6, 6.07) is 5.86. The molecular formula is C16H23ClO2. The van der Waals surface area contributed by atoms with Gasteiger partial charge in [0.05, 0.1) is 19.1 Å². The summed E-state index contributed by atoms with van der Waals surface area (Å²) in [6.45, 7) is 4.65. The highest BCUT2D eigenvalue weighted by atomic mass is 35.5. The van der Waals surface area contributed by atoms with Gasteiger partial charge in [0, 0.05) is 5.56 Å². The van der Waals surface area contributed by atoms with E-state index in [0.717, 1.165) is 41.7 Å². The van der Waals surface area contributed by atoms with Crippen molar-refractivity contribution in [3.63, 3.8) is 0 Å². The highest BCUT2D eigenvalue weighted by Gasteiger charge is 2.26. The molecule has 0 bridgehead atoms. The minimum absolute atomic E-state index is 0.321. The van der Waals surface area contributed by atoms with Gasteiger partial charge in [0.1, 0.15) is 11.5 Å². The van der Waals surface area contributed by atoms with Gasteiger partial charge in [-0.15, -0.1) is 11.6 Å². The summed E-state index contributed by atoms with van der Waals surface area (Å²) in [5.74, 6) is 3.72. The van der Waals surface area contributed by atoms with E-state index in [2.05, 4.69) is 13.8 Å². The van der Waals surface area contributed by atoms with Crippen LogP contribution in [0.2, 0.25) is 0 Å². The smallest absolute Gasteiger partial charge is 0.124 e. The molecule has 1 fully saturated rings. The second-order valence-corrected chi connectivity index (χ2v) is 5.88. The Hall–Kier alpha value is -0.890. The summed E-state index contributed by atoms with van der Waals surface area (Å²) in [5, 5.41) is 0. The lowest BCUT2D eigenvalue weighted by Crippen LogP contribution is -2.29. The molecule has 1 aliphatic rings. The largest absolute Gasteiger partial charge is 0.497 e. The fourth-order valence-electron chi connectivity index (χ4n) is 2.69. The van der Waals surface area contributed by atoms with E-state index in [1.165, 1.54) is 6.42 Å². The van der Waals surface area contributed by atoms with Crippen molar-refractivity contribution >= 4 is 11.6 Å². The molecular weight excluding hydrogens is 260 g/mol. The van der Waals surface area contributed by atoms with Crippen LogP contribution in [-0.4, -0.2) is 13.2 Å². The van der Waals surface area contributed by atoms with Crippen molar-refractivity contribution in [2.24, 2.45) is 11.8 Å². The van der Waals surface area contributed by atoms with Crippen LogP contribution in [0.3, 0.4) is 0 Å². The Morgan fingerprint density at radius 2 is 2.00 bits per heavy atom. The Labute approximate surface area is 121 Å². The molecule has 1 aliphatic carbocycles. The van der Waals surface area contributed by atoms with Crippen molar-refractivity contribution < 1.29 is 9.47 Å². The molecule has 3 heteroatoms. The van der Waals surface area contributed by atoms with Crippen LogP contribution in [-0.2, 0) is 5.88 Å². The molecule has 1 aromatic rings. The summed E-state index contributed by atoms with van der Waals surface area (Å²) < 4.78 is 11.4. The first kappa shape index (κ1) is 14.5. The van der Waals surface area contributed by atoms with E-state index in [-0.39, 0.29) is 0 Å². The Balaban J connectivity index is 2.06. The van der Waals surface area contributed by atoms with Crippen molar-refractivity contribution in [1.29, 1.82) is 0 Å². The molecule has 1 aromatic carbocycles. The predicted octanol–water partition coefficient (Wildman–Crippen LogP) is 4.64. The molecule has 3 atom stereocenters. The lowest BCUT2D eigenvalue weighted by molar-refractivity contribution is 0.0998. The molecule has 1 saturated carbocycles. The zero-order valence-electron chi connectivity index (χ0n) is 12.0. The molecule has 0 amide bonds. The lowest BCUT2D eigenvalue weighted by atomic mass is 9.80. The average Bonchev–Trinajstić information content (AvgIpc) is 2.43. The fourth-order valence-corrected chi connectivity index (χ4v) is 2.90. The maximum absolute atomic E-state index is 6.16. The Bertz CT molecular complexity index is 419. The van der Waals surface area contributed by atoms with Gasteiger partial charge in [0.15, 0.2) is 0 Å². The van der Waals surface area contributed by atoms with Crippen LogP contribution in [0.25, 0.3) is 0 Å². The van der Waals surface area contributed by atoms with E-state index in [9.17, 15) is 0 Å². The number of halogens is 1. The van der Waals surface area contributed by atoms with Gasteiger partial charge in [0.25, 0.3) is 0 Å². The number of hydrogen-bond acceptors (Lipinski definition) is 2. The topological polar surface area (TPSA) is 18.5 Å². The maximum Gasteiger partial charge on any atom is 0.124 e. The van der Waals surface area contributed by atoms with Gasteiger partial charge in [-0.05, 0) is 49.3 Å².